The van der Waals surface area contributed by atoms with Crippen LogP contribution in [0.3, 0.4) is 0 Å². The number of aromatic nitrogens is 3. The number of aromatic amines is 1. The molecule has 17 heavy (non-hydrogen) atoms. The summed E-state index contributed by atoms with van der Waals surface area (Å²) in [5, 5.41) is 6.58. The molecule has 0 radical (unpaired) electrons. The van der Waals surface area contributed by atoms with Gasteiger partial charge in [0.2, 0.25) is 5.75 Å². The Balaban J connectivity index is 2.56. The van der Waals surface area contributed by atoms with Crippen molar-refractivity contribution in [3.05, 3.63) is 18.5 Å². The highest BCUT2D eigenvalue weighted by atomic mass is 16.5. The van der Waals surface area contributed by atoms with E-state index < -0.39 is 0 Å². The van der Waals surface area contributed by atoms with Gasteiger partial charge < -0.3 is 14.2 Å². The number of ether oxygens (including phenoxy) is 3. The molecule has 6 nitrogen and oxygen atoms in total. The molecule has 0 bridgehead atoms. The molecule has 0 saturated carbocycles. The maximum atomic E-state index is 5.25. The maximum absolute atomic E-state index is 5.25. The SMILES string of the molecule is COc1cc(-c2ncn[nH]2)cc(OC)c1OC. The fourth-order valence-corrected chi connectivity index (χ4v) is 1.56. The first-order valence-corrected chi connectivity index (χ1v) is 4.96. The van der Waals surface area contributed by atoms with Crippen LogP contribution in [0.15, 0.2) is 18.5 Å². The Kier molecular flexibility index (Phi) is 3.13. The second-order valence-corrected chi connectivity index (χ2v) is 3.25. The molecule has 1 aromatic carbocycles. The van der Waals surface area contributed by atoms with Gasteiger partial charge in [0.1, 0.15) is 6.33 Å². The highest BCUT2D eigenvalue weighted by Crippen LogP contribution is 2.40. The summed E-state index contributed by atoms with van der Waals surface area (Å²) < 4.78 is 15.7. The van der Waals surface area contributed by atoms with Gasteiger partial charge in [0.05, 0.1) is 21.3 Å². The van der Waals surface area contributed by atoms with Crippen LogP contribution in [0, 0.1) is 0 Å². The average molecular weight is 235 g/mol. The molecule has 0 unspecified atom stereocenters. The highest BCUT2D eigenvalue weighted by Gasteiger charge is 2.14. The number of hydrogen-bond donors (Lipinski definition) is 1. The molecule has 1 aromatic heterocycles. The van der Waals surface area contributed by atoms with Crippen molar-refractivity contribution < 1.29 is 14.2 Å². The lowest BCUT2D eigenvalue weighted by atomic mass is 10.1. The molecule has 1 N–H and O–H groups in total. The number of nitrogens with one attached hydrogen (secondary N) is 1. The van der Waals surface area contributed by atoms with Crippen LogP contribution in [-0.2, 0) is 0 Å². The van der Waals surface area contributed by atoms with Crippen LogP contribution in [0.1, 0.15) is 0 Å². The lowest BCUT2D eigenvalue weighted by Crippen LogP contribution is -1.96. The zero-order valence-corrected chi connectivity index (χ0v) is 9.85. The standard InChI is InChI=1S/C11H13N3O3/c1-15-8-4-7(11-12-6-13-14-11)5-9(16-2)10(8)17-3/h4-6H,1-3H3,(H,12,13,14). The molecule has 0 fully saturated rings. The molecule has 0 aliphatic carbocycles. The molecule has 2 aromatic rings. The van der Waals surface area contributed by atoms with E-state index in [4.69, 9.17) is 14.2 Å². The van der Waals surface area contributed by atoms with E-state index in [-0.39, 0.29) is 0 Å². The Bertz CT molecular complexity index is 472. The second-order valence-electron chi connectivity index (χ2n) is 3.25. The van der Waals surface area contributed by atoms with Crippen LogP contribution in [0.5, 0.6) is 17.2 Å². The summed E-state index contributed by atoms with van der Waals surface area (Å²) >= 11 is 0. The Labute approximate surface area is 98.5 Å². The first kappa shape index (κ1) is 11.3. The molecule has 0 amide bonds. The minimum Gasteiger partial charge on any atom is -0.493 e. The minimum absolute atomic E-state index is 0.554. The van der Waals surface area contributed by atoms with E-state index >= 15 is 0 Å². The molecule has 2 rings (SSSR count). The van der Waals surface area contributed by atoms with Crippen molar-refractivity contribution >= 4 is 0 Å². The van der Waals surface area contributed by atoms with E-state index in [1.807, 2.05) is 12.1 Å². The van der Waals surface area contributed by atoms with Gasteiger partial charge in [-0.3, -0.25) is 5.10 Å². The third kappa shape index (κ3) is 2.01. The van der Waals surface area contributed by atoms with E-state index in [0.717, 1.165) is 5.56 Å². The monoisotopic (exact) mass is 235 g/mol. The number of nitrogens with zero attached hydrogens (tertiary/aromatic N) is 2. The van der Waals surface area contributed by atoms with Crippen molar-refractivity contribution in [2.75, 3.05) is 21.3 Å². The van der Waals surface area contributed by atoms with Gasteiger partial charge in [0, 0.05) is 5.56 Å². The van der Waals surface area contributed by atoms with Crippen LogP contribution < -0.4 is 14.2 Å². The van der Waals surface area contributed by atoms with Crippen LogP contribution in [0.4, 0.5) is 0 Å². The van der Waals surface area contributed by atoms with Crippen LogP contribution in [-0.4, -0.2) is 36.5 Å². The van der Waals surface area contributed by atoms with Gasteiger partial charge in [-0.2, -0.15) is 5.10 Å². The van der Waals surface area contributed by atoms with Gasteiger partial charge in [-0.15, -0.1) is 0 Å². The lowest BCUT2D eigenvalue weighted by Gasteiger charge is -2.13. The quantitative estimate of drug-likeness (QED) is 0.869. The van der Waals surface area contributed by atoms with E-state index in [0.29, 0.717) is 23.1 Å². The molecule has 1 heterocycles. The van der Waals surface area contributed by atoms with Crippen LogP contribution in [0.25, 0.3) is 11.4 Å². The predicted molar refractivity (Wildman–Crippen MR) is 61.5 cm³/mol. The Morgan fingerprint density at radius 3 is 2.06 bits per heavy atom. The van der Waals surface area contributed by atoms with Crippen LogP contribution in [0.2, 0.25) is 0 Å². The van der Waals surface area contributed by atoms with Crippen molar-refractivity contribution in [1.82, 2.24) is 15.2 Å². The Morgan fingerprint density at radius 1 is 1.00 bits per heavy atom. The first-order valence-electron chi connectivity index (χ1n) is 4.96. The fraction of sp³-hybridized carbons (Fsp3) is 0.273. The molecular weight excluding hydrogens is 222 g/mol. The van der Waals surface area contributed by atoms with Gasteiger partial charge in [0.15, 0.2) is 17.3 Å². The van der Waals surface area contributed by atoms with Crippen LogP contribution >= 0.6 is 0 Å². The summed E-state index contributed by atoms with van der Waals surface area (Å²) in [6.45, 7) is 0. The first-order chi connectivity index (χ1) is 8.30. The van der Waals surface area contributed by atoms with E-state index in [9.17, 15) is 0 Å². The number of rotatable bonds is 4. The van der Waals surface area contributed by atoms with Gasteiger partial charge in [-0.1, -0.05) is 0 Å². The summed E-state index contributed by atoms with van der Waals surface area (Å²) in [7, 11) is 4.71. The topological polar surface area (TPSA) is 69.3 Å². The third-order valence-electron chi connectivity index (χ3n) is 2.35. The zero-order valence-electron chi connectivity index (χ0n) is 9.85. The Hall–Kier alpha value is -2.24. The van der Waals surface area contributed by atoms with Gasteiger partial charge in [-0.05, 0) is 12.1 Å². The smallest absolute Gasteiger partial charge is 0.203 e. The second kappa shape index (κ2) is 4.73. The predicted octanol–water partition coefficient (Wildman–Crippen LogP) is 1.50. The van der Waals surface area contributed by atoms with Crippen molar-refractivity contribution in [1.29, 1.82) is 0 Å². The van der Waals surface area contributed by atoms with Crippen molar-refractivity contribution in [2.45, 2.75) is 0 Å². The highest BCUT2D eigenvalue weighted by molar-refractivity contribution is 5.66. The Morgan fingerprint density at radius 2 is 1.65 bits per heavy atom. The molecule has 0 aliphatic heterocycles. The lowest BCUT2D eigenvalue weighted by molar-refractivity contribution is 0.324. The van der Waals surface area contributed by atoms with E-state index in [1.165, 1.54) is 6.33 Å². The fourth-order valence-electron chi connectivity index (χ4n) is 1.56. The van der Waals surface area contributed by atoms with E-state index in [1.54, 1.807) is 21.3 Å². The largest absolute Gasteiger partial charge is 0.493 e. The molecule has 90 valence electrons. The number of benzene rings is 1. The molecule has 6 heteroatoms. The molecule has 0 atom stereocenters. The van der Waals surface area contributed by atoms with Gasteiger partial charge >= 0.3 is 0 Å². The van der Waals surface area contributed by atoms with E-state index in [2.05, 4.69) is 15.2 Å². The summed E-state index contributed by atoms with van der Waals surface area (Å²) in [6, 6.07) is 3.61. The average Bonchev–Trinajstić information content (AvgIpc) is 2.90. The molecule has 0 spiro atoms. The van der Waals surface area contributed by atoms with Crippen molar-refractivity contribution in [3.8, 4) is 28.6 Å². The van der Waals surface area contributed by atoms with Gasteiger partial charge in [-0.25, -0.2) is 4.98 Å². The number of H-pyrrole nitrogens is 1. The normalized spacial score (nSPS) is 10.1. The van der Waals surface area contributed by atoms with Gasteiger partial charge in [0.25, 0.3) is 0 Å². The van der Waals surface area contributed by atoms with Crippen molar-refractivity contribution in [3.63, 3.8) is 0 Å². The summed E-state index contributed by atoms with van der Waals surface area (Å²) in [4.78, 5) is 4.07. The number of methoxy groups -OCH3 is 3. The zero-order chi connectivity index (χ0) is 12.3. The maximum Gasteiger partial charge on any atom is 0.203 e. The molecule has 0 saturated heterocycles. The van der Waals surface area contributed by atoms with Crippen molar-refractivity contribution in [2.24, 2.45) is 0 Å². The summed E-state index contributed by atoms with van der Waals surface area (Å²) in [5.74, 6) is 2.36. The summed E-state index contributed by atoms with van der Waals surface area (Å²) in [5.41, 5.74) is 0.817. The molecule has 0 aliphatic rings. The third-order valence-corrected chi connectivity index (χ3v) is 2.35. The molecular formula is C11H13N3O3. The number of hydrogen-bond acceptors (Lipinski definition) is 5. The summed E-state index contributed by atoms with van der Waals surface area (Å²) in [6.07, 6.45) is 1.44. The minimum atomic E-state index is 0.554.